The molecule has 0 radical (unpaired) electrons. The van der Waals surface area contributed by atoms with Crippen LogP contribution in [0.5, 0.6) is 11.5 Å². The van der Waals surface area contributed by atoms with Crippen LogP contribution in [0.25, 0.3) is 11.2 Å². The predicted octanol–water partition coefficient (Wildman–Crippen LogP) is 3.28. The zero-order valence-electron chi connectivity index (χ0n) is 20.8. The van der Waals surface area contributed by atoms with E-state index in [-0.39, 0.29) is 42.6 Å². The molecule has 15 heteroatoms. The Morgan fingerprint density at radius 3 is 2.56 bits per heavy atom. The highest BCUT2D eigenvalue weighted by atomic mass is 31.2. The van der Waals surface area contributed by atoms with Gasteiger partial charge in [0.25, 0.3) is 5.56 Å². The SMILES string of the molecule is COc1ccc(OC(=O)OCOP(=O)(COCCn2cnc3c(=O)[nH]c(N)nc32)OCc2ccccc2)cc1. The van der Waals surface area contributed by atoms with E-state index in [0.29, 0.717) is 5.75 Å². The van der Waals surface area contributed by atoms with Gasteiger partial charge >= 0.3 is 13.8 Å². The van der Waals surface area contributed by atoms with Crippen molar-refractivity contribution in [3.8, 4) is 11.5 Å². The highest BCUT2D eigenvalue weighted by Gasteiger charge is 2.27. The molecular formula is C24H26N5O9P. The first-order chi connectivity index (χ1) is 18.8. The summed E-state index contributed by atoms with van der Waals surface area (Å²) in [7, 11) is -2.38. The summed E-state index contributed by atoms with van der Waals surface area (Å²) in [6, 6.07) is 15.3. The number of anilines is 1. The molecule has 39 heavy (non-hydrogen) atoms. The molecule has 0 amide bonds. The number of aromatic amines is 1. The van der Waals surface area contributed by atoms with Crippen LogP contribution in [0.4, 0.5) is 10.7 Å². The maximum atomic E-state index is 13.4. The number of nitrogens with two attached hydrogens (primary N) is 1. The minimum atomic E-state index is -3.89. The number of H-pyrrole nitrogens is 1. The molecule has 3 N–H and O–H groups in total. The lowest BCUT2D eigenvalue weighted by molar-refractivity contribution is 0.0154. The normalized spacial score (nSPS) is 12.6. The largest absolute Gasteiger partial charge is 0.515 e. The molecule has 1 unspecified atom stereocenters. The van der Waals surface area contributed by atoms with Crippen LogP contribution < -0.4 is 20.8 Å². The van der Waals surface area contributed by atoms with Crippen molar-refractivity contribution in [2.45, 2.75) is 13.2 Å². The van der Waals surface area contributed by atoms with E-state index < -0.39 is 32.5 Å². The lowest BCUT2D eigenvalue weighted by atomic mass is 10.2. The predicted molar refractivity (Wildman–Crippen MR) is 138 cm³/mol. The smallest absolute Gasteiger partial charge is 0.497 e. The van der Waals surface area contributed by atoms with Crippen LogP contribution in [-0.2, 0) is 36.2 Å². The van der Waals surface area contributed by atoms with Gasteiger partial charge in [0, 0.05) is 6.54 Å². The summed E-state index contributed by atoms with van der Waals surface area (Å²) in [5.74, 6) is 0.761. The maximum absolute atomic E-state index is 13.4. The summed E-state index contributed by atoms with van der Waals surface area (Å²) in [4.78, 5) is 34.4. The summed E-state index contributed by atoms with van der Waals surface area (Å²) in [5.41, 5.74) is 6.31. The average Bonchev–Trinajstić information content (AvgIpc) is 3.34. The number of methoxy groups -OCH3 is 1. The van der Waals surface area contributed by atoms with Crippen molar-refractivity contribution >= 4 is 30.9 Å². The zero-order valence-corrected chi connectivity index (χ0v) is 21.7. The van der Waals surface area contributed by atoms with Gasteiger partial charge in [-0.15, -0.1) is 0 Å². The van der Waals surface area contributed by atoms with Gasteiger partial charge in [0.05, 0.1) is 26.7 Å². The number of nitrogen functional groups attached to an aromatic ring is 1. The Bertz CT molecular complexity index is 1490. The first-order valence-electron chi connectivity index (χ1n) is 11.5. The van der Waals surface area contributed by atoms with E-state index in [1.807, 2.05) is 6.07 Å². The van der Waals surface area contributed by atoms with Gasteiger partial charge in [-0.05, 0) is 29.8 Å². The second-order valence-electron chi connectivity index (χ2n) is 7.89. The van der Waals surface area contributed by atoms with Crippen LogP contribution in [0.2, 0.25) is 0 Å². The quantitative estimate of drug-likeness (QED) is 0.0804. The van der Waals surface area contributed by atoms with Crippen molar-refractivity contribution < 1.29 is 37.4 Å². The molecule has 0 aliphatic carbocycles. The number of rotatable bonds is 13. The number of fused-ring (bicyclic) bond motifs is 1. The molecule has 0 saturated heterocycles. The van der Waals surface area contributed by atoms with E-state index in [2.05, 4.69) is 15.0 Å². The first-order valence-corrected chi connectivity index (χ1v) is 13.3. The van der Waals surface area contributed by atoms with Crippen molar-refractivity contribution in [2.24, 2.45) is 0 Å². The Morgan fingerprint density at radius 1 is 1.08 bits per heavy atom. The average molecular weight is 559 g/mol. The second kappa shape index (κ2) is 13.0. The maximum Gasteiger partial charge on any atom is 0.515 e. The fourth-order valence-electron chi connectivity index (χ4n) is 3.26. The van der Waals surface area contributed by atoms with Crippen LogP contribution in [0.15, 0.2) is 65.7 Å². The Hall–Kier alpha value is -4.23. The van der Waals surface area contributed by atoms with Crippen molar-refractivity contribution in [3.05, 3.63) is 76.8 Å². The van der Waals surface area contributed by atoms with Gasteiger partial charge in [-0.25, -0.2) is 9.78 Å². The molecule has 206 valence electrons. The summed E-state index contributed by atoms with van der Waals surface area (Å²) < 4.78 is 46.3. The van der Waals surface area contributed by atoms with Gasteiger partial charge in [-0.3, -0.25) is 18.9 Å². The van der Waals surface area contributed by atoms with E-state index in [9.17, 15) is 14.2 Å². The van der Waals surface area contributed by atoms with E-state index in [1.54, 1.807) is 41.0 Å². The number of ether oxygens (including phenoxy) is 4. The number of carbonyl (C=O) groups excluding carboxylic acids is 1. The summed E-state index contributed by atoms with van der Waals surface area (Å²) >= 11 is 0. The third-order valence-electron chi connectivity index (χ3n) is 5.18. The number of imidazole rings is 1. The molecule has 0 spiro atoms. The standard InChI is InChI=1S/C24H26N5O9P/c1-33-18-7-9-19(10-8-18)38-24(31)35-15-37-39(32,36-13-17-5-3-2-4-6-17)16-34-12-11-29-14-26-20-21(29)27-23(25)28-22(20)30/h2-10,14H,11-13,15-16H2,1H3,(H3,25,27,28,30). The van der Waals surface area contributed by atoms with Gasteiger partial charge < -0.3 is 33.8 Å². The van der Waals surface area contributed by atoms with E-state index in [4.69, 9.17) is 33.7 Å². The molecule has 1 atom stereocenters. The first kappa shape index (κ1) is 27.8. The fourth-order valence-corrected chi connectivity index (χ4v) is 4.39. The van der Waals surface area contributed by atoms with Gasteiger partial charge in [-0.2, -0.15) is 4.98 Å². The monoisotopic (exact) mass is 559 g/mol. The highest BCUT2D eigenvalue weighted by molar-refractivity contribution is 7.53. The lowest BCUT2D eigenvalue weighted by Crippen LogP contribution is -2.15. The van der Waals surface area contributed by atoms with Crippen LogP contribution in [0.3, 0.4) is 0 Å². The Morgan fingerprint density at radius 2 is 1.82 bits per heavy atom. The molecule has 0 aliphatic heterocycles. The Kier molecular flexibility index (Phi) is 9.28. The third-order valence-corrected chi connectivity index (χ3v) is 6.70. The second-order valence-corrected chi connectivity index (χ2v) is 9.88. The molecule has 2 heterocycles. The van der Waals surface area contributed by atoms with E-state index in [1.165, 1.54) is 25.6 Å². The van der Waals surface area contributed by atoms with Crippen molar-refractivity contribution in [1.29, 1.82) is 0 Å². The van der Waals surface area contributed by atoms with Crippen LogP contribution >= 0.6 is 7.60 Å². The molecule has 0 fully saturated rings. The van der Waals surface area contributed by atoms with Crippen LogP contribution in [-0.4, -0.2) is 52.5 Å². The molecule has 0 aliphatic rings. The molecule has 2 aromatic heterocycles. The summed E-state index contributed by atoms with van der Waals surface area (Å²) in [6.45, 7) is -0.476. The minimum Gasteiger partial charge on any atom is -0.497 e. The van der Waals surface area contributed by atoms with E-state index in [0.717, 1.165) is 5.56 Å². The van der Waals surface area contributed by atoms with Crippen LogP contribution in [0, 0.1) is 0 Å². The van der Waals surface area contributed by atoms with Gasteiger partial charge in [0.2, 0.25) is 12.7 Å². The molecule has 14 nitrogen and oxygen atoms in total. The molecule has 2 aromatic carbocycles. The zero-order chi connectivity index (χ0) is 27.7. The van der Waals surface area contributed by atoms with Crippen LogP contribution in [0.1, 0.15) is 5.56 Å². The van der Waals surface area contributed by atoms with Crippen molar-refractivity contribution in [1.82, 2.24) is 19.5 Å². The van der Waals surface area contributed by atoms with Gasteiger partial charge in [0.15, 0.2) is 11.2 Å². The highest BCUT2D eigenvalue weighted by Crippen LogP contribution is 2.49. The summed E-state index contributed by atoms with van der Waals surface area (Å²) in [5, 5.41) is 0. The number of aromatic nitrogens is 4. The number of hydrogen-bond donors (Lipinski definition) is 2. The molecule has 0 bridgehead atoms. The number of nitrogens with one attached hydrogen (secondary N) is 1. The van der Waals surface area contributed by atoms with Crippen molar-refractivity contribution in [2.75, 3.05) is 32.6 Å². The molecular weight excluding hydrogens is 533 g/mol. The third kappa shape index (κ3) is 7.88. The fraction of sp³-hybridized carbons (Fsp3) is 0.250. The number of hydrogen-bond acceptors (Lipinski definition) is 12. The van der Waals surface area contributed by atoms with Crippen molar-refractivity contribution in [3.63, 3.8) is 0 Å². The lowest BCUT2D eigenvalue weighted by Gasteiger charge is -2.18. The Balaban J connectivity index is 1.31. The number of nitrogens with zero attached hydrogens (tertiary/aromatic N) is 3. The summed E-state index contributed by atoms with van der Waals surface area (Å²) in [6.07, 6.45) is -0.0936. The molecule has 4 aromatic rings. The van der Waals surface area contributed by atoms with Gasteiger partial charge in [0.1, 0.15) is 17.8 Å². The molecule has 0 saturated carbocycles. The van der Waals surface area contributed by atoms with E-state index >= 15 is 0 Å². The molecule has 4 rings (SSSR count). The minimum absolute atomic E-state index is 0.0318. The number of carbonyl (C=O) groups is 1. The number of benzene rings is 2. The topological polar surface area (TPSA) is 179 Å². The van der Waals surface area contributed by atoms with Gasteiger partial charge in [-0.1, -0.05) is 30.3 Å². The Labute approximate surface area is 222 Å².